The van der Waals surface area contributed by atoms with E-state index in [0.29, 0.717) is 14.9 Å². The van der Waals surface area contributed by atoms with Gasteiger partial charge in [0.2, 0.25) is 0 Å². The molecular formula is C8H3ClINO3. The van der Waals surface area contributed by atoms with Crippen molar-refractivity contribution < 1.29 is 14.3 Å². The zero-order chi connectivity index (χ0) is 10.3. The molecule has 0 bridgehead atoms. The first-order chi connectivity index (χ1) is 6.58. The van der Waals surface area contributed by atoms with E-state index in [2.05, 4.69) is 4.98 Å². The van der Waals surface area contributed by atoms with E-state index in [-0.39, 0.29) is 10.7 Å². The monoisotopic (exact) mass is 323 g/mol. The summed E-state index contributed by atoms with van der Waals surface area (Å²) in [5.41, 5.74) is 0.792. The summed E-state index contributed by atoms with van der Waals surface area (Å²) in [6.07, 6.45) is 0. The summed E-state index contributed by atoms with van der Waals surface area (Å²) >= 11 is 7.79. The van der Waals surface area contributed by atoms with E-state index >= 15 is 0 Å². The SMILES string of the molecule is O=C(O)c1cc(Cl)c2oc(I)cc2n1. The third-order valence-electron chi connectivity index (χ3n) is 1.62. The topological polar surface area (TPSA) is 63.3 Å². The fourth-order valence-electron chi connectivity index (χ4n) is 1.06. The molecule has 2 aromatic heterocycles. The van der Waals surface area contributed by atoms with Crippen LogP contribution in [0.4, 0.5) is 0 Å². The normalized spacial score (nSPS) is 10.7. The zero-order valence-corrected chi connectivity index (χ0v) is 9.53. The number of fused-ring (bicyclic) bond motifs is 1. The highest BCUT2D eigenvalue weighted by molar-refractivity contribution is 14.1. The van der Waals surface area contributed by atoms with Crippen molar-refractivity contribution in [2.45, 2.75) is 0 Å². The summed E-state index contributed by atoms with van der Waals surface area (Å²) in [5.74, 6) is -1.11. The molecule has 0 fully saturated rings. The van der Waals surface area contributed by atoms with Crippen molar-refractivity contribution in [1.29, 1.82) is 0 Å². The van der Waals surface area contributed by atoms with Gasteiger partial charge >= 0.3 is 5.97 Å². The third-order valence-corrected chi connectivity index (χ3v) is 2.44. The standard InChI is InChI=1S/C8H3ClINO3/c9-3-1-5(8(12)13)11-4-2-6(10)14-7(3)4/h1-2H,(H,12,13). The van der Waals surface area contributed by atoms with Gasteiger partial charge in [0, 0.05) is 6.07 Å². The lowest BCUT2D eigenvalue weighted by atomic mass is 10.3. The molecule has 6 heteroatoms. The number of aromatic carboxylic acids is 1. The molecule has 2 heterocycles. The Morgan fingerprint density at radius 1 is 1.57 bits per heavy atom. The quantitative estimate of drug-likeness (QED) is 0.820. The van der Waals surface area contributed by atoms with Crippen molar-refractivity contribution in [2.75, 3.05) is 0 Å². The van der Waals surface area contributed by atoms with Gasteiger partial charge in [-0.05, 0) is 28.7 Å². The van der Waals surface area contributed by atoms with E-state index in [1.165, 1.54) is 6.07 Å². The summed E-state index contributed by atoms with van der Waals surface area (Å²) in [5, 5.41) is 8.98. The summed E-state index contributed by atoms with van der Waals surface area (Å²) < 4.78 is 5.85. The minimum absolute atomic E-state index is 0.0836. The first-order valence-corrected chi connectivity index (χ1v) is 5.02. The molecule has 2 rings (SSSR count). The summed E-state index contributed by atoms with van der Waals surface area (Å²) in [7, 11) is 0. The van der Waals surface area contributed by atoms with Gasteiger partial charge in [0.25, 0.3) is 0 Å². The molecule has 0 amide bonds. The van der Waals surface area contributed by atoms with Crippen LogP contribution in [-0.2, 0) is 0 Å². The van der Waals surface area contributed by atoms with E-state index in [1.54, 1.807) is 6.07 Å². The number of aromatic nitrogens is 1. The Morgan fingerprint density at radius 3 is 2.93 bits per heavy atom. The van der Waals surface area contributed by atoms with Crippen molar-refractivity contribution >= 4 is 51.3 Å². The number of carbonyl (C=O) groups is 1. The molecular weight excluding hydrogens is 320 g/mol. The second-order valence-corrected chi connectivity index (χ2v) is 4.03. The minimum Gasteiger partial charge on any atom is -0.477 e. The van der Waals surface area contributed by atoms with Gasteiger partial charge in [-0.3, -0.25) is 0 Å². The van der Waals surface area contributed by atoms with Gasteiger partial charge in [-0.1, -0.05) is 11.6 Å². The molecule has 0 aromatic carbocycles. The molecule has 0 atom stereocenters. The fraction of sp³-hybridized carbons (Fsp3) is 0. The van der Waals surface area contributed by atoms with Crippen LogP contribution >= 0.6 is 34.2 Å². The van der Waals surface area contributed by atoms with Crippen molar-refractivity contribution in [2.24, 2.45) is 0 Å². The average Bonchev–Trinajstić information content (AvgIpc) is 2.45. The van der Waals surface area contributed by atoms with Crippen LogP contribution in [0.5, 0.6) is 0 Å². The van der Waals surface area contributed by atoms with Crippen LogP contribution in [0.3, 0.4) is 0 Å². The zero-order valence-electron chi connectivity index (χ0n) is 6.62. The maximum atomic E-state index is 10.7. The molecule has 2 aromatic rings. The van der Waals surface area contributed by atoms with Gasteiger partial charge in [-0.2, -0.15) is 0 Å². The van der Waals surface area contributed by atoms with Crippen molar-refractivity contribution in [3.8, 4) is 0 Å². The van der Waals surface area contributed by atoms with Crippen LogP contribution in [0.15, 0.2) is 16.5 Å². The van der Waals surface area contributed by atoms with Crippen LogP contribution in [0.25, 0.3) is 11.1 Å². The van der Waals surface area contributed by atoms with Crippen LogP contribution in [-0.4, -0.2) is 16.1 Å². The Balaban J connectivity index is 2.77. The molecule has 0 unspecified atom stereocenters. The number of pyridine rings is 1. The molecule has 0 spiro atoms. The predicted octanol–water partition coefficient (Wildman–Crippen LogP) is 2.78. The van der Waals surface area contributed by atoms with Gasteiger partial charge in [0.1, 0.15) is 5.52 Å². The van der Waals surface area contributed by atoms with Crippen molar-refractivity contribution in [1.82, 2.24) is 4.98 Å². The van der Waals surface area contributed by atoms with Crippen LogP contribution in [0, 0.1) is 3.77 Å². The molecule has 4 nitrogen and oxygen atoms in total. The van der Waals surface area contributed by atoms with Crippen molar-refractivity contribution in [3.05, 3.63) is 26.6 Å². The number of hydrogen-bond acceptors (Lipinski definition) is 3. The van der Waals surface area contributed by atoms with Crippen LogP contribution < -0.4 is 0 Å². The Bertz CT molecular complexity index is 523. The second-order valence-electron chi connectivity index (χ2n) is 2.56. The smallest absolute Gasteiger partial charge is 0.354 e. The van der Waals surface area contributed by atoms with Crippen LogP contribution in [0.2, 0.25) is 5.02 Å². The number of carboxylic acid groups (broad SMARTS) is 1. The lowest BCUT2D eigenvalue weighted by molar-refractivity contribution is 0.0691. The highest BCUT2D eigenvalue weighted by Crippen LogP contribution is 2.26. The Hall–Kier alpha value is -0.820. The molecule has 1 N–H and O–H groups in total. The Kier molecular flexibility index (Phi) is 2.36. The minimum atomic E-state index is -1.11. The molecule has 0 aliphatic heterocycles. The van der Waals surface area contributed by atoms with E-state index in [9.17, 15) is 4.79 Å². The molecule has 0 aliphatic carbocycles. The maximum absolute atomic E-state index is 10.7. The van der Waals surface area contributed by atoms with E-state index in [1.807, 2.05) is 22.6 Å². The largest absolute Gasteiger partial charge is 0.477 e. The number of rotatable bonds is 1. The maximum Gasteiger partial charge on any atom is 0.354 e. The van der Waals surface area contributed by atoms with Crippen LogP contribution in [0.1, 0.15) is 10.5 Å². The van der Waals surface area contributed by atoms with Gasteiger partial charge < -0.3 is 9.52 Å². The van der Waals surface area contributed by atoms with Gasteiger partial charge in [0.15, 0.2) is 15.0 Å². The molecule has 0 aliphatic rings. The molecule has 0 saturated carbocycles. The van der Waals surface area contributed by atoms with Gasteiger partial charge in [-0.15, -0.1) is 0 Å². The average molecular weight is 323 g/mol. The fourth-order valence-corrected chi connectivity index (χ4v) is 1.82. The highest BCUT2D eigenvalue weighted by atomic mass is 127. The number of hydrogen-bond donors (Lipinski definition) is 1. The van der Waals surface area contributed by atoms with Gasteiger partial charge in [0.05, 0.1) is 5.02 Å². The summed E-state index contributed by atoms with van der Waals surface area (Å²) in [4.78, 5) is 14.5. The Morgan fingerprint density at radius 2 is 2.29 bits per heavy atom. The summed E-state index contributed by atoms with van der Waals surface area (Å²) in [6, 6.07) is 2.90. The lowest BCUT2D eigenvalue weighted by Crippen LogP contribution is -1.99. The highest BCUT2D eigenvalue weighted by Gasteiger charge is 2.12. The van der Waals surface area contributed by atoms with E-state index in [0.717, 1.165) is 0 Å². The van der Waals surface area contributed by atoms with E-state index in [4.69, 9.17) is 21.1 Å². The first kappa shape index (κ1) is 9.72. The predicted molar refractivity (Wildman–Crippen MR) is 58.7 cm³/mol. The number of halogens is 2. The third kappa shape index (κ3) is 1.57. The number of nitrogens with zero attached hydrogens (tertiary/aromatic N) is 1. The number of furan rings is 1. The first-order valence-electron chi connectivity index (χ1n) is 3.57. The van der Waals surface area contributed by atoms with Crippen molar-refractivity contribution in [3.63, 3.8) is 0 Å². The Labute approximate surface area is 97.0 Å². The van der Waals surface area contributed by atoms with Gasteiger partial charge in [-0.25, -0.2) is 9.78 Å². The molecule has 0 radical (unpaired) electrons. The second kappa shape index (κ2) is 3.39. The lowest BCUT2D eigenvalue weighted by Gasteiger charge is -1.95. The van der Waals surface area contributed by atoms with E-state index < -0.39 is 5.97 Å². The molecule has 72 valence electrons. The molecule has 0 saturated heterocycles. The molecule has 14 heavy (non-hydrogen) atoms. The summed E-state index contributed by atoms with van der Waals surface area (Å²) in [6.45, 7) is 0. The number of carboxylic acids is 1.